The van der Waals surface area contributed by atoms with Gasteiger partial charge in [0, 0.05) is 49.7 Å². The number of amides is 2. The first-order valence-electron chi connectivity index (χ1n) is 8.23. The fourth-order valence-corrected chi connectivity index (χ4v) is 3.28. The van der Waals surface area contributed by atoms with Gasteiger partial charge in [0.1, 0.15) is 12.4 Å². The third-order valence-corrected chi connectivity index (χ3v) is 4.64. The quantitative estimate of drug-likeness (QED) is 0.781. The van der Waals surface area contributed by atoms with Crippen LogP contribution in [0.5, 0.6) is 5.75 Å². The van der Waals surface area contributed by atoms with E-state index in [9.17, 15) is 4.79 Å². The predicted octanol–water partition coefficient (Wildman–Crippen LogP) is 2.27. The number of nitrogens with zero attached hydrogens (tertiary/aromatic N) is 5. The van der Waals surface area contributed by atoms with Gasteiger partial charge in [-0.3, -0.25) is 4.90 Å². The molecule has 2 aliphatic heterocycles. The van der Waals surface area contributed by atoms with Gasteiger partial charge in [-0.05, 0) is 18.2 Å². The molecule has 0 aliphatic carbocycles. The summed E-state index contributed by atoms with van der Waals surface area (Å²) in [6, 6.07) is 7.16. The van der Waals surface area contributed by atoms with Gasteiger partial charge in [0.05, 0.1) is 12.2 Å². The van der Waals surface area contributed by atoms with Crippen LogP contribution in [0, 0.1) is 0 Å². The van der Waals surface area contributed by atoms with Crippen molar-refractivity contribution in [2.24, 2.45) is 0 Å². The molecule has 0 radical (unpaired) electrons. The molecule has 0 N–H and O–H groups in total. The number of benzene rings is 1. The van der Waals surface area contributed by atoms with E-state index < -0.39 is 0 Å². The minimum absolute atomic E-state index is 0.000465. The summed E-state index contributed by atoms with van der Waals surface area (Å²) < 4.78 is 5.63. The molecule has 8 heteroatoms. The van der Waals surface area contributed by atoms with Crippen LogP contribution in [0.15, 0.2) is 36.7 Å². The number of rotatable bonds is 1. The summed E-state index contributed by atoms with van der Waals surface area (Å²) in [5.74, 6) is 1.37. The van der Waals surface area contributed by atoms with E-state index in [2.05, 4.69) is 14.9 Å². The number of ether oxygens (including phenoxy) is 1. The van der Waals surface area contributed by atoms with Gasteiger partial charge in [-0.2, -0.15) is 0 Å². The molecule has 0 saturated carbocycles. The molecule has 25 heavy (non-hydrogen) atoms. The standard InChI is InChI=1S/C17H18ClN5O2/c18-13-2-3-14-15(12-13)25-11-10-23(14)17(24)22-8-6-21(7-9-22)16-19-4-1-5-20-16/h1-5,12H,6-11H2. The zero-order chi connectivity index (χ0) is 17.2. The van der Waals surface area contributed by atoms with Crippen molar-refractivity contribution in [3.05, 3.63) is 41.7 Å². The summed E-state index contributed by atoms with van der Waals surface area (Å²) in [6.07, 6.45) is 3.46. The van der Waals surface area contributed by atoms with Gasteiger partial charge in [-0.1, -0.05) is 11.6 Å². The molecule has 1 aromatic heterocycles. The molecule has 0 atom stereocenters. The van der Waals surface area contributed by atoms with Gasteiger partial charge >= 0.3 is 6.03 Å². The first-order valence-corrected chi connectivity index (χ1v) is 8.61. The maximum Gasteiger partial charge on any atom is 0.324 e. The largest absolute Gasteiger partial charge is 0.489 e. The maximum absolute atomic E-state index is 13.0. The van der Waals surface area contributed by atoms with Gasteiger partial charge in [0.25, 0.3) is 0 Å². The molecule has 4 rings (SSSR count). The highest BCUT2D eigenvalue weighted by Crippen LogP contribution is 2.34. The predicted molar refractivity (Wildman–Crippen MR) is 95.5 cm³/mol. The Kier molecular flexibility index (Phi) is 4.31. The smallest absolute Gasteiger partial charge is 0.324 e. The van der Waals surface area contributed by atoms with Crippen molar-refractivity contribution in [1.82, 2.24) is 14.9 Å². The summed E-state index contributed by atoms with van der Waals surface area (Å²) >= 11 is 6.02. The second-order valence-corrected chi connectivity index (χ2v) is 6.35. The van der Waals surface area contributed by atoms with E-state index in [0.29, 0.717) is 56.1 Å². The van der Waals surface area contributed by atoms with E-state index in [1.807, 2.05) is 11.0 Å². The molecule has 2 aliphatic rings. The molecule has 1 fully saturated rings. The summed E-state index contributed by atoms with van der Waals surface area (Å²) in [4.78, 5) is 27.2. The minimum atomic E-state index is 0.000465. The number of aromatic nitrogens is 2. The van der Waals surface area contributed by atoms with E-state index in [1.165, 1.54) is 0 Å². The fraction of sp³-hybridized carbons (Fsp3) is 0.353. The normalized spacial score (nSPS) is 17.1. The lowest BCUT2D eigenvalue weighted by molar-refractivity contribution is 0.196. The highest BCUT2D eigenvalue weighted by molar-refractivity contribution is 6.30. The fourth-order valence-electron chi connectivity index (χ4n) is 3.12. The Morgan fingerprint density at radius 1 is 1.08 bits per heavy atom. The van der Waals surface area contributed by atoms with Gasteiger partial charge in [-0.15, -0.1) is 0 Å². The van der Waals surface area contributed by atoms with Gasteiger partial charge in [-0.25, -0.2) is 14.8 Å². The van der Waals surface area contributed by atoms with Crippen molar-refractivity contribution >= 4 is 29.3 Å². The number of anilines is 2. The van der Waals surface area contributed by atoms with Gasteiger partial charge < -0.3 is 14.5 Å². The second-order valence-electron chi connectivity index (χ2n) is 5.92. The van der Waals surface area contributed by atoms with Gasteiger partial charge in [0.15, 0.2) is 0 Å². The zero-order valence-corrected chi connectivity index (χ0v) is 14.4. The van der Waals surface area contributed by atoms with Crippen LogP contribution in [0.25, 0.3) is 0 Å². The molecule has 2 amide bonds. The Hall–Kier alpha value is -2.54. The Morgan fingerprint density at radius 2 is 1.84 bits per heavy atom. The van der Waals surface area contributed by atoms with Crippen LogP contribution in [0.1, 0.15) is 0 Å². The topological polar surface area (TPSA) is 61.8 Å². The Labute approximate surface area is 150 Å². The van der Waals surface area contributed by atoms with Crippen LogP contribution in [-0.4, -0.2) is 60.2 Å². The SMILES string of the molecule is O=C(N1CCN(c2ncccn2)CC1)N1CCOc2cc(Cl)ccc21. The van der Waals surface area contributed by atoms with Crippen LogP contribution in [0.4, 0.5) is 16.4 Å². The molecule has 0 spiro atoms. The number of carbonyl (C=O) groups is 1. The minimum Gasteiger partial charge on any atom is -0.489 e. The van der Waals surface area contributed by atoms with E-state index in [4.69, 9.17) is 16.3 Å². The molecule has 0 unspecified atom stereocenters. The first kappa shape index (κ1) is 16.0. The summed E-state index contributed by atoms with van der Waals surface area (Å²) in [5, 5.41) is 0.601. The van der Waals surface area contributed by atoms with Crippen molar-refractivity contribution in [2.45, 2.75) is 0 Å². The van der Waals surface area contributed by atoms with E-state index in [1.54, 1.807) is 35.5 Å². The number of carbonyl (C=O) groups excluding carboxylic acids is 1. The second kappa shape index (κ2) is 6.76. The zero-order valence-electron chi connectivity index (χ0n) is 13.6. The molecule has 2 aromatic rings. The summed E-state index contributed by atoms with van der Waals surface area (Å²) in [5.41, 5.74) is 0.773. The number of hydrogen-bond acceptors (Lipinski definition) is 5. The summed E-state index contributed by atoms with van der Waals surface area (Å²) in [7, 11) is 0. The van der Waals surface area contributed by atoms with E-state index in [-0.39, 0.29) is 6.03 Å². The lowest BCUT2D eigenvalue weighted by Crippen LogP contribution is -2.54. The molecule has 3 heterocycles. The molecule has 7 nitrogen and oxygen atoms in total. The number of piperazine rings is 1. The monoisotopic (exact) mass is 359 g/mol. The average Bonchev–Trinajstić information content (AvgIpc) is 2.67. The Bertz CT molecular complexity index is 765. The van der Waals surface area contributed by atoms with E-state index >= 15 is 0 Å². The number of halogens is 1. The van der Waals surface area contributed by atoms with Crippen molar-refractivity contribution in [3.8, 4) is 5.75 Å². The molecular weight excluding hydrogens is 342 g/mol. The van der Waals surface area contributed by atoms with Crippen molar-refractivity contribution in [2.75, 3.05) is 49.1 Å². The van der Waals surface area contributed by atoms with Crippen LogP contribution >= 0.6 is 11.6 Å². The molecule has 130 valence electrons. The van der Waals surface area contributed by atoms with Crippen LogP contribution < -0.4 is 14.5 Å². The Morgan fingerprint density at radius 3 is 2.60 bits per heavy atom. The molecule has 0 bridgehead atoms. The maximum atomic E-state index is 13.0. The van der Waals surface area contributed by atoms with Crippen molar-refractivity contribution in [3.63, 3.8) is 0 Å². The first-order chi connectivity index (χ1) is 12.2. The Balaban J connectivity index is 1.45. The lowest BCUT2D eigenvalue weighted by atomic mass is 10.2. The number of fused-ring (bicyclic) bond motifs is 1. The third kappa shape index (κ3) is 3.19. The van der Waals surface area contributed by atoms with Crippen LogP contribution in [0.2, 0.25) is 5.02 Å². The van der Waals surface area contributed by atoms with Crippen LogP contribution in [0.3, 0.4) is 0 Å². The van der Waals surface area contributed by atoms with Gasteiger partial charge in [0.2, 0.25) is 5.95 Å². The molecular formula is C17H18ClN5O2. The number of hydrogen-bond donors (Lipinski definition) is 0. The molecule has 1 aromatic carbocycles. The highest BCUT2D eigenvalue weighted by atomic mass is 35.5. The van der Waals surface area contributed by atoms with Crippen molar-refractivity contribution < 1.29 is 9.53 Å². The molecule has 1 saturated heterocycles. The summed E-state index contributed by atoms with van der Waals surface area (Å²) in [6.45, 7) is 3.71. The van der Waals surface area contributed by atoms with Crippen LogP contribution in [-0.2, 0) is 0 Å². The lowest BCUT2D eigenvalue weighted by Gasteiger charge is -2.38. The third-order valence-electron chi connectivity index (χ3n) is 4.40. The van der Waals surface area contributed by atoms with Crippen molar-refractivity contribution in [1.29, 1.82) is 0 Å². The number of urea groups is 1. The van der Waals surface area contributed by atoms with E-state index in [0.717, 1.165) is 5.69 Å². The average molecular weight is 360 g/mol. The highest BCUT2D eigenvalue weighted by Gasteiger charge is 2.30.